The third kappa shape index (κ3) is 3.24. The van der Waals surface area contributed by atoms with Crippen LogP contribution >= 0.6 is 0 Å². The number of rotatable bonds is 5. The maximum absolute atomic E-state index is 12.3. The largest absolute Gasteiger partial charge is 0.339 e. The van der Waals surface area contributed by atoms with Gasteiger partial charge >= 0.3 is 6.03 Å². The Morgan fingerprint density at radius 3 is 2.64 bits per heavy atom. The summed E-state index contributed by atoms with van der Waals surface area (Å²) in [5.41, 5.74) is -0.356. The molecule has 140 valence electrons. The Labute approximate surface area is 147 Å². The number of sulfonamides is 1. The van der Waals surface area contributed by atoms with Crippen molar-refractivity contribution in [2.24, 2.45) is 5.41 Å². The van der Waals surface area contributed by atoms with Crippen LogP contribution in [0.3, 0.4) is 0 Å². The van der Waals surface area contributed by atoms with Crippen molar-refractivity contribution in [1.82, 2.24) is 24.7 Å². The van der Waals surface area contributed by atoms with Crippen LogP contribution in [0.25, 0.3) is 0 Å². The van der Waals surface area contributed by atoms with Crippen LogP contribution in [0.1, 0.15) is 37.9 Å². The van der Waals surface area contributed by atoms with E-state index in [1.165, 1.54) is 4.31 Å². The smallest absolute Gasteiger partial charge is 0.317 e. The predicted octanol–water partition coefficient (Wildman–Crippen LogP) is 0.549. The van der Waals surface area contributed by atoms with Gasteiger partial charge in [0.2, 0.25) is 15.9 Å². The monoisotopic (exact) mass is 371 g/mol. The lowest BCUT2D eigenvalue weighted by Crippen LogP contribution is -2.63. The highest BCUT2D eigenvalue weighted by Gasteiger charge is 2.59. The Balaban J connectivity index is 1.79. The fraction of sp³-hybridized carbons (Fsp3) is 0.800. The van der Waals surface area contributed by atoms with Crippen LogP contribution in [0.2, 0.25) is 0 Å². The number of carbonyl (C=O) groups excluding carboxylic acids is 1. The van der Waals surface area contributed by atoms with E-state index in [0.29, 0.717) is 44.4 Å². The number of carbonyl (C=O) groups is 1. The number of nitrogens with one attached hydrogen (secondary N) is 1. The van der Waals surface area contributed by atoms with Crippen LogP contribution in [-0.2, 0) is 10.0 Å². The summed E-state index contributed by atoms with van der Waals surface area (Å²) in [4.78, 5) is 18.2. The Bertz CT molecular complexity index is 741. The van der Waals surface area contributed by atoms with E-state index in [9.17, 15) is 13.2 Å². The van der Waals surface area contributed by atoms with Crippen LogP contribution in [0, 0.1) is 12.3 Å². The highest BCUT2D eigenvalue weighted by molar-refractivity contribution is 7.89. The normalized spacial score (nSPS) is 23.0. The zero-order valence-electron chi connectivity index (χ0n) is 14.9. The quantitative estimate of drug-likeness (QED) is 0.810. The molecule has 2 aliphatic heterocycles. The SMILES string of the molecule is CCCNC(=O)N1CC2(C1)CN(S(=O)(=O)CC)CC2c1nc(C)no1. The Morgan fingerprint density at radius 2 is 2.08 bits per heavy atom. The van der Waals surface area contributed by atoms with Crippen molar-refractivity contribution in [2.75, 3.05) is 38.5 Å². The molecule has 0 radical (unpaired) electrons. The second kappa shape index (κ2) is 6.56. The minimum Gasteiger partial charge on any atom is -0.339 e. The number of urea groups is 1. The van der Waals surface area contributed by atoms with Crippen LogP contribution < -0.4 is 5.32 Å². The van der Waals surface area contributed by atoms with Gasteiger partial charge < -0.3 is 14.7 Å². The van der Waals surface area contributed by atoms with Crippen LogP contribution in [0.15, 0.2) is 4.52 Å². The molecule has 1 N–H and O–H groups in total. The first-order chi connectivity index (χ1) is 11.8. The van der Waals surface area contributed by atoms with E-state index in [2.05, 4.69) is 15.5 Å². The number of nitrogens with zero attached hydrogens (tertiary/aromatic N) is 4. The van der Waals surface area contributed by atoms with Gasteiger partial charge in [-0.3, -0.25) is 0 Å². The van der Waals surface area contributed by atoms with Gasteiger partial charge in [-0.05, 0) is 20.3 Å². The lowest BCUT2D eigenvalue weighted by atomic mass is 9.71. The molecular weight excluding hydrogens is 346 g/mol. The maximum atomic E-state index is 12.3. The molecule has 2 fully saturated rings. The number of aryl methyl sites for hydroxylation is 1. The molecule has 9 nitrogen and oxygen atoms in total. The lowest BCUT2D eigenvalue weighted by Gasteiger charge is -2.49. The average Bonchev–Trinajstić information content (AvgIpc) is 3.15. The maximum Gasteiger partial charge on any atom is 0.317 e. The number of aromatic nitrogens is 2. The summed E-state index contributed by atoms with van der Waals surface area (Å²) in [5.74, 6) is 0.850. The summed E-state index contributed by atoms with van der Waals surface area (Å²) in [6.45, 7) is 7.68. The lowest BCUT2D eigenvalue weighted by molar-refractivity contribution is 0.0242. The van der Waals surface area contributed by atoms with Crippen molar-refractivity contribution in [2.45, 2.75) is 33.1 Å². The highest BCUT2D eigenvalue weighted by Crippen LogP contribution is 2.49. The molecule has 2 saturated heterocycles. The molecule has 10 heteroatoms. The van der Waals surface area contributed by atoms with Gasteiger partial charge in [0.15, 0.2) is 5.82 Å². The topological polar surface area (TPSA) is 109 Å². The van der Waals surface area contributed by atoms with Gasteiger partial charge in [0, 0.05) is 38.1 Å². The van der Waals surface area contributed by atoms with Crippen molar-refractivity contribution in [3.8, 4) is 0 Å². The van der Waals surface area contributed by atoms with Crippen LogP contribution in [0.4, 0.5) is 4.79 Å². The molecule has 1 aromatic heterocycles. The van der Waals surface area contributed by atoms with Gasteiger partial charge in [-0.2, -0.15) is 4.98 Å². The summed E-state index contributed by atoms with van der Waals surface area (Å²) in [6, 6.07) is -0.107. The highest BCUT2D eigenvalue weighted by atomic mass is 32.2. The Kier molecular flexibility index (Phi) is 4.76. The first-order valence-corrected chi connectivity index (χ1v) is 10.2. The van der Waals surface area contributed by atoms with E-state index in [1.54, 1.807) is 18.7 Å². The number of likely N-dealkylation sites (tertiary alicyclic amines) is 1. The van der Waals surface area contributed by atoms with E-state index < -0.39 is 10.0 Å². The molecule has 2 amide bonds. The average molecular weight is 371 g/mol. The molecule has 2 aliphatic rings. The zero-order chi connectivity index (χ0) is 18.2. The molecule has 0 saturated carbocycles. The summed E-state index contributed by atoms with van der Waals surface area (Å²) in [7, 11) is -3.31. The Morgan fingerprint density at radius 1 is 1.36 bits per heavy atom. The number of amides is 2. The van der Waals surface area contributed by atoms with Gasteiger partial charge in [0.25, 0.3) is 0 Å². The third-order valence-corrected chi connectivity index (χ3v) is 6.84. The molecule has 1 atom stereocenters. The summed E-state index contributed by atoms with van der Waals surface area (Å²) in [5, 5.41) is 6.70. The van der Waals surface area contributed by atoms with Gasteiger partial charge in [0.1, 0.15) is 0 Å². The zero-order valence-corrected chi connectivity index (χ0v) is 15.7. The van der Waals surface area contributed by atoms with Crippen molar-refractivity contribution in [3.05, 3.63) is 11.7 Å². The first kappa shape index (κ1) is 18.1. The molecule has 0 aromatic carbocycles. The molecule has 1 aromatic rings. The van der Waals surface area contributed by atoms with E-state index in [0.717, 1.165) is 6.42 Å². The number of hydrogen-bond acceptors (Lipinski definition) is 6. The van der Waals surface area contributed by atoms with E-state index in [4.69, 9.17) is 4.52 Å². The van der Waals surface area contributed by atoms with Gasteiger partial charge in [0.05, 0.1) is 11.7 Å². The van der Waals surface area contributed by atoms with Crippen LogP contribution in [-0.4, -0.2) is 72.3 Å². The summed E-state index contributed by atoms with van der Waals surface area (Å²) >= 11 is 0. The van der Waals surface area contributed by atoms with E-state index >= 15 is 0 Å². The van der Waals surface area contributed by atoms with Gasteiger partial charge in [-0.25, -0.2) is 17.5 Å². The second-order valence-corrected chi connectivity index (χ2v) is 9.13. The van der Waals surface area contributed by atoms with Crippen molar-refractivity contribution in [1.29, 1.82) is 0 Å². The van der Waals surface area contributed by atoms with Crippen LogP contribution in [0.5, 0.6) is 0 Å². The van der Waals surface area contributed by atoms with Crippen molar-refractivity contribution >= 4 is 16.1 Å². The van der Waals surface area contributed by atoms with Gasteiger partial charge in [-0.15, -0.1) is 0 Å². The standard InChI is InChI=1S/C15H25N5O4S/c1-4-6-16-14(21)19-8-15(9-19)10-20(25(22,23)5-2)7-12(15)13-17-11(3)18-24-13/h12H,4-10H2,1-3H3,(H,16,21). The first-order valence-electron chi connectivity index (χ1n) is 8.62. The Hall–Kier alpha value is -1.68. The third-order valence-electron chi connectivity index (χ3n) is 5.04. The fourth-order valence-corrected chi connectivity index (χ4v) is 4.83. The van der Waals surface area contributed by atoms with E-state index in [1.807, 2.05) is 6.92 Å². The second-order valence-electron chi connectivity index (χ2n) is 6.88. The molecule has 3 heterocycles. The molecular formula is C15H25N5O4S. The minimum atomic E-state index is -3.31. The van der Waals surface area contributed by atoms with E-state index in [-0.39, 0.29) is 23.1 Å². The predicted molar refractivity (Wildman–Crippen MR) is 90.5 cm³/mol. The summed E-state index contributed by atoms with van der Waals surface area (Å²) < 4.78 is 31.5. The summed E-state index contributed by atoms with van der Waals surface area (Å²) in [6.07, 6.45) is 0.872. The molecule has 0 bridgehead atoms. The molecule has 0 aliphatic carbocycles. The fourth-order valence-electron chi connectivity index (χ4n) is 3.63. The van der Waals surface area contributed by atoms with Gasteiger partial charge in [-0.1, -0.05) is 12.1 Å². The molecule has 1 unspecified atom stereocenters. The van der Waals surface area contributed by atoms with Crippen molar-refractivity contribution in [3.63, 3.8) is 0 Å². The van der Waals surface area contributed by atoms with Crippen molar-refractivity contribution < 1.29 is 17.7 Å². The molecule has 3 rings (SSSR count). The number of hydrogen-bond donors (Lipinski definition) is 1. The molecule has 1 spiro atoms. The minimum absolute atomic E-state index is 0.0549. The molecule has 25 heavy (non-hydrogen) atoms.